The number of para-hydroxylation sites is 2. The molecule has 10 heteroatoms. The molecule has 0 unspecified atom stereocenters. The average Bonchev–Trinajstić information content (AvgIpc) is 2.89. The Balaban J connectivity index is 1.36. The summed E-state index contributed by atoms with van der Waals surface area (Å²) in [6.45, 7) is 8.49. The first-order valence-electron chi connectivity index (χ1n) is 12.4. The van der Waals surface area contributed by atoms with Crippen LogP contribution in [0.25, 0.3) is 11.0 Å². The summed E-state index contributed by atoms with van der Waals surface area (Å²) in [7, 11) is 0. The Bertz CT molecular complexity index is 1380. The average molecular weight is 499 g/mol. The van der Waals surface area contributed by atoms with Crippen LogP contribution in [-0.4, -0.2) is 63.7 Å². The third-order valence-corrected chi connectivity index (χ3v) is 6.04. The molecule has 1 aliphatic rings. The number of rotatable bonds is 6. The van der Waals surface area contributed by atoms with Crippen LogP contribution in [0.4, 0.5) is 33.8 Å². The van der Waals surface area contributed by atoms with Crippen molar-refractivity contribution in [1.29, 1.82) is 0 Å². The van der Waals surface area contributed by atoms with E-state index in [0.29, 0.717) is 44.6 Å². The maximum absolute atomic E-state index is 12.1. The van der Waals surface area contributed by atoms with Crippen LogP contribution >= 0.6 is 0 Å². The van der Waals surface area contributed by atoms with Gasteiger partial charge in [-0.25, -0.2) is 24.7 Å². The Morgan fingerprint density at radius 3 is 2.05 bits per heavy atom. The number of nitrogens with zero attached hydrogens (tertiary/aromatic N) is 6. The SMILES string of the molecule is CCOC(=O)N1CCN(c2nc3ccccc3nc2Nc2ccc(Nc3nc(C)cc(C)n3)cc2)CC1. The Kier molecular flexibility index (Phi) is 6.98. The van der Waals surface area contributed by atoms with Crippen LogP contribution in [0.15, 0.2) is 54.6 Å². The number of aryl methyl sites for hydroxylation is 2. The molecule has 2 aromatic carbocycles. The summed E-state index contributed by atoms with van der Waals surface area (Å²) in [6.07, 6.45) is -0.273. The highest BCUT2D eigenvalue weighted by molar-refractivity contribution is 5.82. The lowest BCUT2D eigenvalue weighted by molar-refractivity contribution is 0.105. The first kappa shape index (κ1) is 24.2. The van der Waals surface area contributed by atoms with E-state index in [1.165, 1.54) is 0 Å². The highest BCUT2D eigenvalue weighted by Gasteiger charge is 2.25. The summed E-state index contributed by atoms with van der Waals surface area (Å²) >= 11 is 0. The molecule has 1 fully saturated rings. The van der Waals surface area contributed by atoms with E-state index in [9.17, 15) is 4.79 Å². The second-order valence-electron chi connectivity index (χ2n) is 8.86. The molecule has 1 amide bonds. The van der Waals surface area contributed by atoms with Crippen LogP contribution in [0.3, 0.4) is 0 Å². The molecule has 4 aromatic rings. The first-order chi connectivity index (χ1) is 18.0. The third kappa shape index (κ3) is 5.69. The molecule has 1 aliphatic heterocycles. The Labute approximate surface area is 215 Å². The summed E-state index contributed by atoms with van der Waals surface area (Å²) in [5.41, 5.74) is 5.23. The highest BCUT2D eigenvalue weighted by Crippen LogP contribution is 2.29. The van der Waals surface area contributed by atoms with Crippen LogP contribution in [0.1, 0.15) is 18.3 Å². The smallest absolute Gasteiger partial charge is 0.409 e. The van der Waals surface area contributed by atoms with Gasteiger partial charge in [0.05, 0.1) is 17.6 Å². The zero-order valence-corrected chi connectivity index (χ0v) is 21.2. The molecule has 190 valence electrons. The van der Waals surface area contributed by atoms with Crippen molar-refractivity contribution in [1.82, 2.24) is 24.8 Å². The number of hydrogen-bond donors (Lipinski definition) is 2. The Morgan fingerprint density at radius 1 is 0.838 bits per heavy atom. The molecule has 10 nitrogen and oxygen atoms in total. The minimum atomic E-state index is -0.273. The van der Waals surface area contributed by atoms with Gasteiger partial charge < -0.3 is 25.2 Å². The van der Waals surface area contributed by atoms with Crippen LogP contribution in [-0.2, 0) is 4.74 Å². The predicted molar refractivity (Wildman–Crippen MR) is 145 cm³/mol. The summed E-state index contributed by atoms with van der Waals surface area (Å²) in [5.74, 6) is 2.00. The minimum absolute atomic E-state index is 0.273. The van der Waals surface area contributed by atoms with Crippen molar-refractivity contribution < 1.29 is 9.53 Å². The van der Waals surface area contributed by atoms with E-state index >= 15 is 0 Å². The van der Waals surface area contributed by atoms with Gasteiger partial charge >= 0.3 is 6.09 Å². The first-order valence-corrected chi connectivity index (χ1v) is 12.4. The number of amides is 1. The molecule has 0 bridgehead atoms. The summed E-state index contributed by atoms with van der Waals surface area (Å²) < 4.78 is 5.16. The highest BCUT2D eigenvalue weighted by atomic mass is 16.6. The van der Waals surface area contributed by atoms with Crippen LogP contribution in [0, 0.1) is 13.8 Å². The number of aromatic nitrogens is 4. The molecule has 0 radical (unpaired) electrons. The van der Waals surface area contributed by atoms with E-state index in [1.54, 1.807) is 4.90 Å². The standard InChI is InChI=1S/C27H30N8O2/c1-4-37-27(36)35-15-13-34(14-16-35)25-24(32-22-7-5-6-8-23(22)33-25)30-20-9-11-21(12-10-20)31-26-28-18(2)17-19(3)29-26/h5-12,17H,4,13-16H2,1-3H3,(H,30,32)(H,28,29,31). The van der Waals surface area contributed by atoms with Gasteiger partial charge in [-0.1, -0.05) is 12.1 Å². The number of benzene rings is 2. The second-order valence-corrected chi connectivity index (χ2v) is 8.86. The number of fused-ring (bicyclic) bond motifs is 1. The van der Waals surface area contributed by atoms with Gasteiger partial charge in [-0.2, -0.15) is 0 Å². The van der Waals surface area contributed by atoms with Gasteiger partial charge in [0, 0.05) is 48.9 Å². The number of nitrogens with one attached hydrogen (secondary N) is 2. The van der Waals surface area contributed by atoms with Crippen molar-refractivity contribution in [3.8, 4) is 0 Å². The fraction of sp³-hybridized carbons (Fsp3) is 0.296. The lowest BCUT2D eigenvalue weighted by atomic mass is 10.2. The third-order valence-electron chi connectivity index (χ3n) is 6.04. The fourth-order valence-corrected chi connectivity index (χ4v) is 4.30. The number of carbonyl (C=O) groups excluding carboxylic acids is 1. The van der Waals surface area contributed by atoms with E-state index in [2.05, 4.69) is 25.5 Å². The normalized spacial score (nSPS) is 13.5. The maximum atomic E-state index is 12.1. The fourth-order valence-electron chi connectivity index (χ4n) is 4.30. The van der Waals surface area contributed by atoms with Gasteiger partial charge in [-0.05, 0) is 63.2 Å². The lowest BCUT2D eigenvalue weighted by Crippen LogP contribution is -2.49. The van der Waals surface area contributed by atoms with Crippen molar-refractivity contribution in [2.75, 3.05) is 48.3 Å². The van der Waals surface area contributed by atoms with E-state index in [0.717, 1.165) is 39.6 Å². The maximum Gasteiger partial charge on any atom is 0.409 e. The number of piperazine rings is 1. The molecular weight excluding hydrogens is 468 g/mol. The summed E-state index contributed by atoms with van der Waals surface area (Å²) in [5, 5.41) is 6.70. The van der Waals surface area contributed by atoms with Gasteiger partial charge in [0.2, 0.25) is 5.95 Å². The van der Waals surface area contributed by atoms with Crippen LogP contribution in [0.2, 0.25) is 0 Å². The van der Waals surface area contributed by atoms with E-state index < -0.39 is 0 Å². The molecule has 3 heterocycles. The van der Waals surface area contributed by atoms with Gasteiger partial charge in [0.15, 0.2) is 11.6 Å². The molecule has 0 aliphatic carbocycles. The Morgan fingerprint density at radius 2 is 1.43 bits per heavy atom. The number of ether oxygens (including phenoxy) is 1. The van der Waals surface area contributed by atoms with Crippen molar-refractivity contribution in [3.05, 3.63) is 66.0 Å². The van der Waals surface area contributed by atoms with Crippen LogP contribution < -0.4 is 15.5 Å². The summed E-state index contributed by atoms with van der Waals surface area (Å²) in [6, 6.07) is 17.6. The monoisotopic (exact) mass is 498 g/mol. The largest absolute Gasteiger partial charge is 0.450 e. The van der Waals surface area contributed by atoms with E-state index in [1.807, 2.05) is 75.4 Å². The van der Waals surface area contributed by atoms with Gasteiger partial charge in [0.1, 0.15) is 0 Å². The predicted octanol–water partition coefficient (Wildman–Crippen LogP) is 4.80. The van der Waals surface area contributed by atoms with Crippen LogP contribution in [0.5, 0.6) is 0 Å². The number of hydrogen-bond acceptors (Lipinski definition) is 9. The molecule has 2 aromatic heterocycles. The topological polar surface area (TPSA) is 108 Å². The van der Waals surface area contributed by atoms with Gasteiger partial charge in [-0.3, -0.25) is 0 Å². The summed E-state index contributed by atoms with van der Waals surface area (Å²) in [4.78, 5) is 34.7. The lowest BCUT2D eigenvalue weighted by Gasteiger charge is -2.35. The quantitative estimate of drug-likeness (QED) is 0.387. The molecule has 2 N–H and O–H groups in total. The van der Waals surface area contributed by atoms with Crippen molar-refractivity contribution in [2.45, 2.75) is 20.8 Å². The van der Waals surface area contributed by atoms with Crippen molar-refractivity contribution in [3.63, 3.8) is 0 Å². The molecule has 5 rings (SSSR count). The Hall–Kier alpha value is -4.47. The van der Waals surface area contributed by atoms with E-state index in [4.69, 9.17) is 14.7 Å². The van der Waals surface area contributed by atoms with Gasteiger partial charge in [0.25, 0.3) is 0 Å². The van der Waals surface area contributed by atoms with E-state index in [-0.39, 0.29) is 6.09 Å². The molecular formula is C27H30N8O2. The molecule has 37 heavy (non-hydrogen) atoms. The number of carbonyl (C=O) groups is 1. The van der Waals surface area contributed by atoms with Gasteiger partial charge in [-0.15, -0.1) is 0 Å². The molecule has 0 spiro atoms. The molecule has 0 saturated carbocycles. The van der Waals surface area contributed by atoms with Crippen molar-refractivity contribution in [2.24, 2.45) is 0 Å². The molecule has 1 saturated heterocycles. The second kappa shape index (κ2) is 10.7. The zero-order chi connectivity index (χ0) is 25.8. The number of anilines is 5. The zero-order valence-electron chi connectivity index (χ0n) is 21.2. The van der Waals surface area contributed by atoms with Crippen molar-refractivity contribution >= 4 is 46.1 Å². The minimum Gasteiger partial charge on any atom is -0.450 e. The molecule has 0 atom stereocenters.